The Labute approximate surface area is 162 Å². The van der Waals surface area contributed by atoms with Crippen LogP contribution in [0.1, 0.15) is 11.4 Å². The SMILES string of the molecule is c1ccc(CSc2nnc(COc3ccccc3)n2-c2ccccc2)cc1. The minimum absolute atomic E-state index is 0.359. The van der Waals surface area contributed by atoms with Gasteiger partial charge in [-0.2, -0.15) is 0 Å². The van der Waals surface area contributed by atoms with E-state index in [0.29, 0.717) is 6.61 Å². The fraction of sp³-hybridized carbons (Fsp3) is 0.0909. The average Bonchev–Trinajstić information content (AvgIpc) is 3.16. The van der Waals surface area contributed by atoms with Crippen molar-refractivity contribution < 1.29 is 4.74 Å². The number of para-hydroxylation sites is 2. The van der Waals surface area contributed by atoms with Gasteiger partial charge in [-0.15, -0.1) is 10.2 Å². The van der Waals surface area contributed by atoms with Crippen LogP contribution >= 0.6 is 11.8 Å². The predicted molar refractivity (Wildman–Crippen MR) is 108 cm³/mol. The number of ether oxygens (including phenoxy) is 1. The summed E-state index contributed by atoms with van der Waals surface area (Å²) in [7, 11) is 0. The quantitative estimate of drug-likeness (QED) is 0.421. The zero-order valence-electron chi connectivity index (χ0n) is 14.7. The molecule has 0 unspecified atom stereocenters. The summed E-state index contributed by atoms with van der Waals surface area (Å²) < 4.78 is 7.96. The molecule has 1 aromatic heterocycles. The van der Waals surface area contributed by atoms with Crippen molar-refractivity contribution in [3.8, 4) is 11.4 Å². The summed E-state index contributed by atoms with van der Waals surface area (Å²) in [6.45, 7) is 0.359. The van der Waals surface area contributed by atoms with Crippen molar-refractivity contribution in [3.05, 3.63) is 102 Å². The first-order valence-electron chi connectivity index (χ1n) is 8.74. The molecule has 4 nitrogen and oxygen atoms in total. The minimum atomic E-state index is 0.359. The highest BCUT2D eigenvalue weighted by Crippen LogP contribution is 2.25. The second-order valence-corrected chi connectivity index (χ2v) is 6.89. The minimum Gasteiger partial charge on any atom is -0.486 e. The van der Waals surface area contributed by atoms with Gasteiger partial charge in [0, 0.05) is 11.4 Å². The second-order valence-electron chi connectivity index (χ2n) is 5.95. The summed E-state index contributed by atoms with van der Waals surface area (Å²) in [6.07, 6.45) is 0. The van der Waals surface area contributed by atoms with E-state index in [-0.39, 0.29) is 0 Å². The molecule has 0 bridgehead atoms. The summed E-state index contributed by atoms with van der Waals surface area (Å²) in [4.78, 5) is 0. The average molecular weight is 373 g/mol. The third-order valence-corrected chi connectivity index (χ3v) is 5.04. The van der Waals surface area contributed by atoms with Crippen LogP contribution in [0.2, 0.25) is 0 Å². The van der Waals surface area contributed by atoms with Crippen molar-refractivity contribution in [3.63, 3.8) is 0 Å². The number of aromatic nitrogens is 3. The van der Waals surface area contributed by atoms with E-state index in [9.17, 15) is 0 Å². The Bertz CT molecular complexity index is 911. The molecule has 1 heterocycles. The lowest BCUT2D eigenvalue weighted by Gasteiger charge is -2.11. The molecule has 0 saturated carbocycles. The lowest BCUT2D eigenvalue weighted by atomic mass is 10.2. The summed E-state index contributed by atoms with van der Waals surface area (Å²) in [5.41, 5.74) is 2.29. The van der Waals surface area contributed by atoms with E-state index in [1.54, 1.807) is 11.8 Å². The van der Waals surface area contributed by atoms with E-state index >= 15 is 0 Å². The molecule has 0 N–H and O–H groups in total. The Morgan fingerprint density at radius 3 is 2.07 bits per heavy atom. The van der Waals surface area contributed by atoms with Crippen molar-refractivity contribution in [2.75, 3.05) is 0 Å². The number of rotatable bonds is 7. The molecule has 0 aliphatic carbocycles. The van der Waals surface area contributed by atoms with E-state index < -0.39 is 0 Å². The summed E-state index contributed by atoms with van der Waals surface area (Å²) in [6, 6.07) is 30.3. The number of nitrogens with zero attached hydrogens (tertiary/aromatic N) is 3. The van der Waals surface area contributed by atoms with Crippen molar-refractivity contribution in [2.45, 2.75) is 17.5 Å². The topological polar surface area (TPSA) is 39.9 Å². The van der Waals surface area contributed by atoms with Crippen LogP contribution in [0.5, 0.6) is 5.75 Å². The maximum absolute atomic E-state index is 5.90. The van der Waals surface area contributed by atoms with Crippen LogP contribution in [0, 0.1) is 0 Å². The van der Waals surface area contributed by atoms with Crippen molar-refractivity contribution in [1.82, 2.24) is 14.8 Å². The molecule has 4 rings (SSSR count). The highest BCUT2D eigenvalue weighted by molar-refractivity contribution is 7.98. The van der Waals surface area contributed by atoms with E-state index in [0.717, 1.165) is 28.2 Å². The zero-order valence-corrected chi connectivity index (χ0v) is 15.5. The Kier molecular flexibility index (Phi) is 5.50. The molecule has 134 valence electrons. The lowest BCUT2D eigenvalue weighted by molar-refractivity contribution is 0.293. The van der Waals surface area contributed by atoms with Gasteiger partial charge in [-0.05, 0) is 29.8 Å². The number of benzene rings is 3. The fourth-order valence-electron chi connectivity index (χ4n) is 2.71. The van der Waals surface area contributed by atoms with Crippen LogP contribution in [0.3, 0.4) is 0 Å². The molecule has 0 spiro atoms. The maximum Gasteiger partial charge on any atom is 0.196 e. The molecule has 0 aliphatic heterocycles. The van der Waals surface area contributed by atoms with Gasteiger partial charge < -0.3 is 4.74 Å². The Balaban J connectivity index is 1.58. The van der Waals surface area contributed by atoms with Gasteiger partial charge in [-0.25, -0.2) is 0 Å². The lowest BCUT2D eigenvalue weighted by Crippen LogP contribution is -2.06. The van der Waals surface area contributed by atoms with Crippen LogP contribution < -0.4 is 4.74 Å². The normalized spacial score (nSPS) is 10.7. The van der Waals surface area contributed by atoms with E-state index in [4.69, 9.17) is 4.74 Å². The molecular weight excluding hydrogens is 354 g/mol. The Morgan fingerprint density at radius 1 is 0.741 bits per heavy atom. The van der Waals surface area contributed by atoms with Crippen LogP contribution in [0.25, 0.3) is 5.69 Å². The van der Waals surface area contributed by atoms with Crippen LogP contribution in [-0.2, 0) is 12.4 Å². The number of hydrogen-bond acceptors (Lipinski definition) is 4. The second kappa shape index (κ2) is 8.56. The smallest absolute Gasteiger partial charge is 0.196 e. The first kappa shape index (κ1) is 17.4. The Hall–Kier alpha value is -3.05. The molecule has 27 heavy (non-hydrogen) atoms. The summed E-state index contributed by atoms with van der Waals surface area (Å²) in [5, 5.41) is 9.66. The van der Waals surface area contributed by atoms with Crippen molar-refractivity contribution in [1.29, 1.82) is 0 Å². The predicted octanol–water partition coefficient (Wildman–Crippen LogP) is 5.14. The molecule has 4 aromatic rings. The first-order valence-corrected chi connectivity index (χ1v) is 9.73. The van der Waals surface area contributed by atoms with E-state index in [1.807, 2.05) is 54.6 Å². The van der Waals surface area contributed by atoms with Gasteiger partial charge in [0.15, 0.2) is 11.0 Å². The van der Waals surface area contributed by atoms with Crippen molar-refractivity contribution >= 4 is 11.8 Å². The molecule has 5 heteroatoms. The maximum atomic E-state index is 5.90. The molecule has 0 atom stereocenters. The molecule has 3 aromatic carbocycles. The van der Waals surface area contributed by atoms with Crippen molar-refractivity contribution in [2.24, 2.45) is 0 Å². The van der Waals surface area contributed by atoms with Crippen LogP contribution in [-0.4, -0.2) is 14.8 Å². The zero-order chi connectivity index (χ0) is 18.3. The van der Waals surface area contributed by atoms with Gasteiger partial charge in [-0.1, -0.05) is 78.5 Å². The van der Waals surface area contributed by atoms with Crippen LogP contribution in [0.15, 0.2) is 96.2 Å². The standard InChI is InChI=1S/C22H19N3OS/c1-4-10-18(11-5-1)17-27-22-24-23-21(16-26-20-14-8-3-9-15-20)25(22)19-12-6-2-7-13-19/h1-15H,16-17H2. The molecule has 0 saturated heterocycles. The van der Waals surface area contributed by atoms with Crippen LogP contribution in [0.4, 0.5) is 0 Å². The summed E-state index contributed by atoms with van der Waals surface area (Å²) >= 11 is 1.67. The molecule has 0 amide bonds. The van der Waals surface area contributed by atoms with Gasteiger partial charge in [0.05, 0.1) is 0 Å². The third kappa shape index (κ3) is 4.38. The van der Waals surface area contributed by atoms with Gasteiger partial charge in [0.1, 0.15) is 12.4 Å². The molecular formula is C22H19N3OS. The first-order chi connectivity index (χ1) is 13.4. The largest absolute Gasteiger partial charge is 0.486 e. The van der Waals surface area contributed by atoms with Gasteiger partial charge in [0.25, 0.3) is 0 Å². The van der Waals surface area contributed by atoms with Gasteiger partial charge in [-0.3, -0.25) is 4.57 Å². The molecule has 0 fully saturated rings. The number of thioether (sulfide) groups is 1. The molecule has 0 aliphatic rings. The fourth-order valence-corrected chi connectivity index (χ4v) is 3.64. The highest BCUT2D eigenvalue weighted by Gasteiger charge is 2.15. The number of hydrogen-bond donors (Lipinski definition) is 0. The highest BCUT2D eigenvalue weighted by atomic mass is 32.2. The van der Waals surface area contributed by atoms with E-state index in [2.05, 4.69) is 51.2 Å². The monoisotopic (exact) mass is 373 g/mol. The van der Waals surface area contributed by atoms with Gasteiger partial charge in [0.2, 0.25) is 0 Å². The Morgan fingerprint density at radius 2 is 1.37 bits per heavy atom. The van der Waals surface area contributed by atoms with Gasteiger partial charge >= 0.3 is 0 Å². The third-order valence-electron chi connectivity index (χ3n) is 4.04. The van der Waals surface area contributed by atoms with E-state index in [1.165, 1.54) is 5.56 Å². The summed E-state index contributed by atoms with van der Waals surface area (Å²) in [5.74, 6) is 2.44. The molecule has 0 radical (unpaired) electrons.